The molecule has 0 fully saturated rings. The molecule has 0 aromatic heterocycles. The van der Waals surface area contributed by atoms with E-state index in [0.29, 0.717) is 0 Å². The van der Waals surface area contributed by atoms with E-state index in [1.54, 1.807) is 0 Å². The molecule has 0 bridgehead atoms. The van der Waals surface area contributed by atoms with E-state index >= 15 is 0 Å². The SMILES string of the molecule is C1=CC([O][Sb]([O]C2C=CCC2)[c]2cc[c]([Sb]([O]C3C=CCC3)[O]C3C=CCC3)cc2)CC1. The fourth-order valence-corrected chi connectivity index (χ4v) is 13.0. The zero-order chi connectivity index (χ0) is 21.6. The summed E-state index contributed by atoms with van der Waals surface area (Å²) in [6.07, 6.45) is 27.3. The Balaban J connectivity index is 1.31. The molecule has 1 aromatic carbocycles. The molecule has 1 aromatic rings. The van der Waals surface area contributed by atoms with Crippen LogP contribution in [0.4, 0.5) is 0 Å². The molecule has 0 amide bonds. The van der Waals surface area contributed by atoms with E-state index in [1.165, 1.54) is 7.02 Å². The van der Waals surface area contributed by atoms with Gasteiger partial charge in [-0.25, -0.2) is 0 Å². The van der Waals surface area contributed by atoms with Gasteiger partial charge in [0.25, 0.3) is 0 Å². The van der Waals surface area contributed by atoms with Crippen LogP contribution in [0.15, 0.2) is 72.9 Å². The first-order chi connectivity index (χ1) is 15.8. The summed E-state index contributed by atoms with van der Waals surface area (Å²) in [7, 11) is 0. The molecule has 0 heterocycles. The average Bonchev–Trinajstić information content (AvgIpc) is 3.63. The minimum atomic E-state index is -2.52. The quantitative estimate of drug-likeness (QED) is 0.283. The number of allylic oxidation sites excluding steroid dienone is 4. The van der Waals surface area contributed by atoms with E-state index in [1.807, 2.05) is 0 Å². The average molecular weight is 652 g/mol. The van der Waals surface area contributed by atoms with E-state index in [0.717, 1.165) is 51.4 Å². The Bertz CT molecular complexity index is 744. The Labute approximate surface area is 208 Å². The Morgan fingerprint density at radius 2 is 0.750 bits per heavy atom. The summed E-state index contributed by atoms with van der Waals surface area (Å²) in [5, 5.41) is 0. The molecule has 0 saturated heterocycles. The molecular formula is C26H32O4Sb2. The molecule has 4 nitrogen and oxygen atoms in total. The molecule has 4 unspecified atom stereocenters. The molecule has 0 spiro atoms. The van der Waals surface area contributed by atoms with Gasteiger partial charge in [-0.1, -0.05) is 0 Å². The molecule has 0 saturated carbocycles. The van der Waals surface area contributed by atoms with Crippen LogP contribution in [0, 0.1) is 0 Å². The molecule has 0 aliphatic heterocycles. The molecular weight excluding hydrogens is 620 g/mol. The van der Waals surface area contributed by atoms with Gasteiger partial charge in [0.2, 0.25) is 0 Å². The Kier molecular flexibility index (Phi) is 8.68. The third kappa shape index (κ3) is 6.41. The molecule has 32 heavy (non-hydrogen) atoms. The zero-order valence-electron chi connectivity index (χ0n) is 18.4. The maximum absolute atomic E-state index is 6.55. The summed E-state index contributed by atoms with van der Waals surface area (Å²) in [4.78, 5) is 0. The van der Waals surface area contributed by atoms with Crippen LogP contribution in [-0.2, 0) is 12.1 Å². The van der Waals surface area contributed by atoms with E-state index in [9.17, 15) is 0 Å². The van der Waals surface area contributed by atoms with Crippen LogP contribution in [0.3, 0.4) is 0 Å². The summed E-state index contributed by atoms with van der Waals surface area (Å²) in [5.74, 6) is 0. The molecule has 6 heteroatoms. The second kappa shape index (κ2) is 11.9. The predicted octanol–water partition coefficient (Wildman–Crippen LogP) is 4.02. The maximum atomic E-state index is 6.55. The van der Waals surface area contributed by atoms with Crippen LogP contribution in [-0.4, -0.2) is 66.5 Å². The molecule has 4 atom stereocenters. The van der Waals surface area contributed by atoms with Gasteiger partial charge in [-0.05, 0) is 0 Å². The first kappa shape index (κ1) is 23.4. The van der Waals surface area contributed by atoms with Crippen molar-refractivity contribution < 1.29 is 12.1 Å². The van der Waals surface area contributed by atoms with Crippen molar-refractivity contribution >= 4 is 49.1 Å². The van der Waals surface area contributed by atoms with E-state index in [-0.39, 0.29) is 24.4 Å². The van der Waals surface area contributed by atoms with Crippen LogP contribution in [0.2, 0.25) is 0 Å². The van der Waals surface area contributed by atoms with Crippen molar-refractivity contribution in [2.45, 2.75) is 75.8 Å². The summed E-state index contributed by atoms with van der Waals surface area (Å²) in [5.41, 5.74) is 0. The minimum absolute atomic E-state index is 0.211. The second-order valence-electron chi connectivity index (χ2n) is 8.63. The summed E-state index contributed by atoms with van der Waals surface area (Å²) in [6.45, 7) is 0. The Morgan fingerprint density at radius 3 is 0.969 bits per heavy atom. The first-order valence-corrected chi connectivity index (χ1v) is 18.6. The van der Waals surface area contributed by atoms with Crippen molar-refractivity contribution in [2.75, 3.05) is 0 Å². The van der Waals surface area contributed by atoms with Crippen LogP contribution >= 0.6 is 0 Å². The molecule has 4 aliphatic carbocycles. The molecule has 5 rings (SSSR count). The molecule has 0 radical (unpaired) electrons. The van der Waals surface area contributed by atoms with Gasteiger partial charge in [0, 0.05) is 0 Å². The Hall–Kier alpha value is -0.344. The second-order valence-corrected chi connectivity index (χ2v) is 16.9. The van der Waals surface area contributed by atoms with Crippen LogP contribution in [0.5, 0.6) is 0 Å². The van der Waals surface area contributed by atoms with Crippen molar-refractivity contribution in [3.8, 4) is 0 Å². The van der Waals surface area contributed by atoms with Crippen LogP contribution in [0.1, 0.15) is 51.4 Å². The van der Waals surface area contributed by atoms with E-state index in [2.05, 4.69) is 72.9 Å². The third-order valence-corrected chi connectivity index (χ3v) is 15.5. The van der Waals surface area contributed by atoms with Gasteiger partial charge in [-0.3, -0.25) is 0 Å². The standard InChI is InChI=1S/C6H4.4C5H7O.2Sb/c1-2-4-6-5-3-1;4*6-5-3-1-2-4-5;;/h1-2,5-6H;4*1,3,5H,2,4H2;;/q;4*-1;2*+2. The molecule has 4 aliphatic rings. The molecule has 0 N–H and O–H groups in total. The van der Waals surface area contributed by atoms with Crippen molar-refractivity contribution in [2.24, 2.45) is 0 Å². The van der Waals surface area contributed by atoms with E-state index in [4.69, 9.17) is 12.1 Å². The number of hydrogen-bond acceptors (Lipinski definition) is 4. The fourth-order valence-electron chi connectivity index (χ4n) is 4.25. The fraction of sp³-hybridized carbons (Fsp3) is 0.462. The van der Waals surface area contributed by atoms with Crippen molar-refractivity contribution in [1.29, 1.82) is 0 Å². The summed E-state index contributed by atoms with van der Waals surface area (Å²) < 4.78 is 28.7. The van der Waals surface area contributed by atoms with Gasteiger partial charge in [-0.2, -0.15) is 0 Å². The van der Waals surface area contributed by atoms with Crippen LogP contribution < -0.4 is 7.02 Å². The first-order valence-electron chi connectivity index (χ1n) is 11.9. The van der Waals surface area contributed by atoms with Gasteiger partial charge in [0.15, 0.2) is 0 Å². The monoisotopic (exact) mass is 650 g/mol. The van der Waals surface area contributed by atoms with Gasteiger partial charge in [0.05, 0.1) is 0 Å². The topological polar surface area (TPSA) is 36.9 Å². The number of benzene rings is 1. The van der Waals surface area contributed by atoms with Crippen molar-refractivity contribution in [3.63, 3.8) is 0 Å². The van der Waals surface area contributed by atoms with Crippen molar-refractivity contribution in [1.82, 2.24) is 0 Å². The van der Waals surface area contributed by atoms with Gasteiger partial charge >= 0.3 is 210 Å². The number of rotatable bonds is 10. The zero-order valence-corrected chi connectivity index (χ0v) is 23.5. The predicted molar refractivity (Wildman–Crippen MR) is 130 cm³/mol. The summed E-state index contributed by atoms with van der Waals surface area (Å²) in [6, 6.07) is 8.92. The molecule has 170 valence electrons. The third-order valence-electron chi connectivity index (χ3n) is 6.07. The van der Waals surface area contributed by atoms with Gasteiger partial charge in [-0.15, -0.1) is 0 Å². The van der Waals surface area contributed by atoms with Gasteiger partial charge in [0.1, 0.15) is 0 Å². The normalized spacial score (nSPS) is 28.8. The van der Waals surface area contributed by atoms with E-state index < -0.39 is 42.1 Å². The van der Waals surface area contributed by atoms with Crippen LogP contribution in [0.25, 0.3) is 0 Å². The van der Waals surface area contributed by atoms with Gasteiger partial charge < -0.3 is 0 Å². The Morgan fingerprint density at radius 1 is 0.469 bits per heavy atom. The summed E-state index contributed by atoms with van der Waals surface area (Å²) >= 11 is -5.05. The van der Waals surface area contributed by atoms with Crippen molar-refractivity contribution in [3.05, 3.63) is 72.9 Å². The number of hydrogen-bond donors (Lipinski definition) is 0.